The lowest BCUT2D eigenvalue weighted by atomic mass is 10.0. The van der Waals surface area contributed by atoms with Gasteiger partial charge in [-0.3, -0.25) is 0 Å². The van der Waals surface area contributed by atoms with Crippen LogP contribution < -0.4 is 5.32 Å². The zero-order valence-corrected chi connectivity index (χ0v) is 8.62. The molecule has 0 saturated carbocycles. The molecular weight excluding hydrogens is 162 g/mol. The van der Waals surface area contributed by atoms with E-state index in [0.29, 0.717) is 0 Å². The first-order chi connectivity index (χ1) is 6.17. The normalized spacial score (nSPS) is 17.4. The molecule has 0 aliphatic rings. The Morgan fingerprint density at radius 3 is 2.54 bits per heavy atom. The molecule has 74 valence electrons. The topological polar surface area (TPSA) is 32.3 Å². The Hall–Kier alpha value is -0.860. The van der Waals surface area contributed by atoms with Gasteiger partial charge in [-0.2, -0.15) is 0 Å². The van der Waals surface area contributed by atoms with E-state index >= 15 is 0 Å². The van der Waals surface area contributed by atoms with Gasteiger partial charge < -0.3 is 10.4 Å². The van der Waals surface area contributed by atoms with Gasteiger partial charge in [0.25, 0.3) is 0 Å². The smallest absolute Gasteiger partial charge is 0.0936 e. The molecule has 0 heterocycles. The molecule has 2 nitrogen and oxygen atoms in total. The second-order valence-corrected chi connectivity index (χ2v) is 2.91. The SMILES string of the molecule is C=C/C=C\C(=C/C)C(O)C(C)NC. The third kappa shape index (κ3) is 4.06. The summed E-state index contributed by atoms with van der Waals surface area (Å²) in [5, 5.41) is 12.8. The molecule has 0 spiro atoms. The molecule has 0 radical (unpaired) electrons. The second-order valence-electron chi connectivity index (χ2n) is 2.91. The molecule has 0 aromatic heterocycles. The fourth-order valence-electron chi connectivity index (χ4n) is 0.991. The number of hydrogen-bond donors (Lipinski definition) is 2. The van der Waals surface area contributed by atoms with Gasteiger partial charge >= 0.3 is 0 Å². The lowest BCUT2D eigenvalue weighted by molar-refractivity contribution is 0.176. The average molecular weight is 181 g/mol. The molecule has 0 aromatic rings. The van der Waals surface area contributed by atoms with Gasteiger partial charge in [0, 0.05) is 6.04 Å². The Balaban J connectivity index is 4.41. The number of allylic oxidation sites excluding steroid dienone is 3. The van der Waals surface area contributed by atoms with Crippen molar-refractivity contribution in [1.29, 1.82) is 0 Å². The summed E-state index contributed by atoms with van der Waals surface area (Å²) in [6, 6.07) is 0.0562. The molecule has 2 unspecified atom stereocenters. The van der Waals surface area contributed by atoms with Crippen LogP contribution in [0, 0.1) is 0 Å². The van der Waals surface area contributed by atoms with Crippen molar-refractivity contribution in [2.75, 3.05) is 7.05 Å². The molecule has 13 heavy (non-hydrogen) atoms. The molecule has 0 aromatic carbocycles. The maximum atomic E-state index is 9.79. The molecule has 0 rings (SSSR count). The highest BCUT2D eigenvalue weighted by molar-refractivity contribution is 5.25. The van der Waals surface area contributed by atoms with Crippen LogP contribution in [0.3, 0.4) is 0 Å². The zero-order chi connectivity index (χ0) is 10.3. The summed E-state index contributed by atoms with van der Waals surface area (Å²) in [7, 11) is 1.83. The van der Waals surface area contributed by atoms with Gasteiger partial charge in [-0.05, 0) is 26.5 Å². The predicted molar refractivity (Wildman–Crippen MR) is 57.6 cm³/mol. The summed E-state index contributed by atoms with van der Waals surface area (Å²) in [6.45, 7) is 7.43. The zero-order valence-electron chi connectivity index (χ0n) is 8.62. The number of likely N-dealkylation sites (N-methyl/N-ethyl adjacent to an activating group) is 1. The van der Waals surface area contributed by atoms with E-state index in [0.717, 1.165) is 5.57 Å². The minimum absolute atomic E-state index is 0.0562. The van der Waals surface area contributed by atoms with Crippen molar-refractivity contribution in [2.45, 2.75) is 26.0 Å². The number of aliphatic hydroxyl groups excluding tert-OH is 1. The summed E-state index contributed by atoms with van der Waals surface area (Å²) in [5.41, 5.74) is 0.904. The molecule has 0 amide bonds. The van der Waals surface area contributed by atoms with Crippen LogP contribution in [0.1, 0.15) is 13.8 Å². The van der Waals surface area contributed by atoms with Crippen molar-refractivity contribution < 1.29 is 5.11 Å². The van der Waals surface area contributed by atoms with Crippen molar-refractivity contribution in [3.63, 3.8) is 0 Å². The van der Waals surface area contributed by atoms with Crippen molar-refractivity contribution in [2.24, 2.45) is 0 Å². The standard InChI is InChI=1S/C11H19NO/c1-5-7-8-10(6-2)11(13)9(3)12-4/h5-9,11-13H,1H2,2-4H3/b8-7-,10-6+. The Morgan fingerprint density at radius 1 is 1.54 bits per heavy atom. The molecular formula is C11H19NO. The number of hydrogen-bond acceptors (Lipinski definition) is 2. The molecule has 0 saturated heterocycles. The van der Waals surface area contributed by atoms with Crippen LogP contribution in [0.4, 0.5) is 0 Å². The largest absolute Gasteiger partial charge is 0.387 e. The van der Waals surface area contributed by atoms with Gasteiger partial charge in [0.1, 0.15) is 0 Å². The number of aliphatic hydroxyl groups is 1. The summed E-state index contributed by atoms with van der Waals surface area (Å²) >= 11 is 0. The molecule has 0 bridgehead atoms. The van der Waals surface area contributed by atoms with E-state index in [1.165, 1.54) is 0 Å². The van der Waals surface area contributed by atoms with E-state index < -0.39 is 6.10 Å². The minimum atomic E-state index is -0.466. The molecule has 2 atom stereocenters. The molecule has 2 N–H and O–H groups in total. The Bertz CT molecular complexity index is 206. The van der Waals surface area contributed by atoms with E-state index in [4.69, 9.17) is 0 Å². The lowest BCUT2D eigenvalue weighted by Gasteiger charge is -2.18. The highest BCUT2D eigenvalue weighted by Crippen LogP contribution is 2.08. The van der Waals surface area contributed by atoms with E-state index in [-0.39, 0.29) is 6.04 Å². The fourth-order valence-corrected chi connectivity index (χ4v) is 0.991. The monoisotopic (exact) mass is 181 g/mol. The van der Waals surface area contributed by atoms with Crippen molar-refractivity contribution >= 4 is 0 Å². The van der Waals surface area contributed by atoms with Gasteiger partial charge in [-0.15, -0.1) is 0 Å². The van der Waals surface area contributed by atoms with Gasteiger partial charge in [0.05, 0.1) is 6.10 Å². The second kappa shape index (κ2) is 6.63. The third-order valence-electron chi connectivity index (χ3n) is 2.03. The number of rotatable bonds is 5. The predicted octanol–water partition coefficient (Wildman–Crippen LogP) is 1.64. The van der Waals surface area contributed by atoms with Crippen LogP contribution in [0.5, 0.6) is 0 Å². The van der Waals surface area contributed by atoms with Gasteiger partial charge in [0.15, 0.2) is 0 Å². The molecule has 0 aliphatic heterocycles. The van der Waals surface area contributed by atoms with Crippen LogP contribution in [0.25, 0.3) is 0 Å². The summed E-state index contributed by atoms with van der Waals surface area (Å²) < 4.78 is 0. The first-order valence-electron chi connectivity index (χ1n) is 4.48. The quantitative estimate of drug-likeness (QED) is 0.632. The minimum Gasteiger partial charge on any atom is -0.387 e. The molecule has 0 fully saturated rings. The Kier molecular flexibility index (Phi) is 6.20. The van der Waals surface area contributed by atoms with E-state index in [9.17, 15) is 5.11 Å². The van der Waals surface area contributed by atoms with E-state index in [1.807, 2.05) is 39.1 Å². The van der Waals surface area contributed by atoms with Crippen LogP contribution in [0.2, 0.25) is 0 Å². The van der Waals surface area contributed by atoms with Crippen LogP contribution >= 0.6 is 0 Å². The Morgan fingerprint density at radius 2 is 2.15 bits per heavy atom. The summed E-state index contributed by atoms with van der Waals surface area (Å²) in [6.07, 6.45) is 6.82. The third-order valence-corrected chi connectivity index (χ3v) is 2.03. The van der Waals surface area contributed by atoms with E-state index in [1.54, 1.807) is 6.08 Å². The van der Waals surface area contributed by atoms with E-state index in [2.05, 4.69) is 11.9 Å². The van der Waals surface area contributed by atoms with Gasteiger partial charge in [-0.1, -0.05) is 30.9 Å². The van der Waals surface area contributed by atoms with Gasteiger partial charge in [0.2, 0.25) is 0 Å². The molecule has 0 aliphatic carbocycles. The highest BCUT2D eigenvalue weighted by Gasteiger charge is 2.13. The van der Waals surface area contributed by atoms with Gasteiger partial charge in [-0.25, -0.2) is 0 Å². The van der Waals surface area contributed by atoms with Crippen molar-refractivity contribution in [3.8, 4) is 0 Å². The summed E-state index contributed by atoms with van der Waals surface area (Å²) in [5.74, 6) is 0. The Labute approximate surface area is 80.7 Å². The number of nitrogens with one attached hydrogen (secondary N) is 1. The maximum absolute atomic E-state index is 9.79. The first kappa shape index (κ1) is 12.1. The fraction of sp³-hybridized carbons (Fsp3) is 0.455. The van der Waals surface area contributed by atoms with Crippen molar-refractivity contribution in [3.05, 3.63) is 36.5 Å². The lowest BCUT2D eigenvalue weighted by Crippen LogP contribution is -2.35. The first-order valence-corrected chi connectivity index (χ1v) is 4.48. The highest BCUT2D eigenvalue weighted by atomic mass is 16.3. The van der Waals surface area contributed by atoms with Crippen LogP contribution in [-0.4, -0.2) is 24.3 Å². The van der Waals surface area contributed by atoms with Crippen LogP contribution in [-0.2, 0) is 0 Å². The maximum Gasteiger partial charge on any atom is 0.0936 e. The summed E-state index contributed by atoms with van der Waals surface area (Å²) in [4.78, 5) is 0. The van der Waals surface area contributed by atoms with Crippen molar-refractivity contribution in [1.82, 2.24) is 5.32 Å². The molecule has 2 heteroatoms. The average Bonchev–Trinajstić information content (AvgIpc) is 2.17. The van der Waals surface area contributed by atoms with Crippen LogP contribution in [0.15, 0.2) is 36.5 Å².